The summed E-state index contributed by atoms with van der Waals surface area (Å²) >= 11 is 0. The number of unbranched alkanes of at least 4 members (excludes halogenated alkanes) is 58. The molecule has 0 spiro atoms. The fraction of sp³-hybridized carbons (Fsp3) is 0.953. The highest BCUT2D eigenvalue weighted by Gasteiger charge is 2.30. The topological polar surface area (TPSA) is 237 Å². The molecule has 0 rings (SSSR count). The molecule has 0 saturated heterocycles. The van der Waals surface area contributed by atoms with Crippen LogP contribution in [0.25, 0.3) is 0 Å². The maximum atomic E-state index is 13.2. The SMILES string of the molecule is CCCCCCCCCCCCCCCCCCCCCCC(=O)O[C@H](COC(=O)CCCCCCCCCCCCCCCCCCCC)COP(=O)(O)OC[C@@H](O)COP(=O)(O)OC[C@@H](COC(=O)CCCCCCCCCCCCC(C)C)OC(=O)CCCCCCCCCCCCCCCC. The fourth-order valence-corrected chi connectivity index (χ4v) is 15.1. The molecule has 0 fully saturated rings. The molecule has 105 heavy (non-hydrogen) atoms. The molecule has 0 aromatic carbocycles. The van der Waals surface area contributed by atoms with Crippen LogP contribution in [0.5, 0.6) is 0 Å². The Morgan fingerprint density at radius 3 is 0.648 bits per heavy atom. The number of aliphatic hydroxyl groups is 1. The minimum absolute atomic E-state index is 0.108. The second-order valence-electron chi connectivity index (χ2n) is 31.4. The van der Waals surface area contributed by atoms with Crippen molar-refractivity contribution in [1.82, 2.24) is 0 Å². The van der Waals surface area contributed by atoms with Crippen LogP contribution in [0.15, 0.2) is 0 Å². The first-order valence-electron chi connectivity index (χ1n) is 44.6. The molecule has 2 unspecified atom stereocenters. The highest BCUT2D eigenvalue weighted by atomic mass is 31.2. The Morgan fingerprint density at radius 1 is 0.257 bits per heavy atom. The molecule has 0 saturated carbocycles. The number of hydrogen-bond acceptors (Lipinski definition) is 15. The first-order valence-corrected chi connectivity index (χ1v) is 47.6. The van der Waals surface area contributed by atoms with Crippen molar-refractivity contribution in [3.63, 3.8) is 0 Å². The van der Waals surface area contributed by atoms with Crippen LogP contribution in [-0.2, 0) is 65.4 Å². The summed E-state index contributed by atoms with van der Waals surface area (Å²) in [5, 5.41) is 10.7. The van der Waals surface area contributed by atoms with E-state index in [9.17, 15) is 43.2 Å². The third-order valence-electron chi connectivity index (χ3n) is 20.3. The van der Waals surface area contributed by atoms with Crippen molar-refractivity contribution in [2.24, 2.45) is 5.92 Å². The predicted molar refractivity (Wildman–Crippen MR) is 432 cm³/mol. The Kier molecular flexibility index (Phi) is 77.3. The van der Waals surface area contributed by atoms with E-state index in [1.807, 2.05) is 0 Å². The second-order valence-corrected chi connectivity index (χ2v) is 34.3. The number of rotatable bonds is 86. The van der Waals surface area contributed by atoms with Gasteiger partial charge in [0.1, 0.15) is 19.3 Å². The van der Waals surface area contributed by atoms with E-state index in [-0.39, 0.29) is 25.7 Å². The van der Waals surface area contributed by atoms with Gasteiger partial charge in [-0.15, -0.1) is 0 Å². The van der Waals surface area contributed by atoms with Crippen molar-refractivity contribution in [3.8, 4) is 0 Å². The third-order valence-corrected chi connectivity index (χ3v) is 22.2. The molecule has 0 aliphatic heterocycles. The first-order chi connectivity index (χ1) is 51.0. The fourth-order valence-electron chi connectivity index (χ4n) is 13.5. The van der Waals surface area contributed by atoms with Gasteiger partial charge in [0, 0.05) is 25.7 Å². The van der Waals surface area contributed by atoms with Gasteiger partial charge in [-0.2, -0.15) is 0 Å². The molecule has 19 heteroatoms. The molecule has 0 aliphatic carbocycles. The number of ether oxygens (including phenoxy) is 4. The average Bonchev–Trinajstić information content (AvgIpc) is 0.911. The van der Waals surface area contributed by atoms with Crippen LogP contribution in [0.2, 0.25) is 0 Å². The molecule has 17 nitrogen and oxygen atoms in total. The first kappa shape index (κ1) is 103. The maximum Gasteiger partial charge on any atom is 0.472 e. The van der Waals surface area contributed by atoms with Crippen LogP contribution in [0, 0.1) is 5.92 Å². The van der Waals surface area contributed by atoms with Crippen molar-refractivity contribution in [3.05, 3.63) is 0 Å². The second kappa shape index (κ2) is 78.7. The number of phosphoric acid groups is 2. The van der Waals surface area contributed by atoms with Crippen LogP contribution in [-0.4, -0.2) is 96.7 Å². The molecule has 3 N–H and O–H groups in total. The number of carbonyl (C=O) groups is 4. The molecule has 0 aromatic heterocycles. The lowest BCUT2D eigenvalue weighted by Crippen LogP contribution is -2.30. The Morgan fingerprint density at radius 2 is 0.438 bits per heavy atom. The van der Waals surface area contributed by atoms with Crippen LogP contribution in [0.3, 0.4) is 0 Å². The van der Waals surface area contributed by atoms with Crippen molar-refractivity contribution >= 4 is 39.5 Å². The summed E-state index contributed by atoms with van der Waals surface area (Å²) in [6.45, 7) is 7.36. The standard InChI is InChI=1S/C86H168O17P2/c1-6-9-12-15-18-21-24-27-30-32-34-35-37-39-42-45-52-57-62-67-72-86(91)102-81(75-96-83(88)69-64-59-54-49-43-41-38-36-33-31-28-25-22-19-16-13-10-7-2)77-100-104(92,93)98-73-80(87)74-99-105(94,95)101-78-82(76-97-84(89)70-65-60-55-50-47-46-48-53-58-63-68-79(4)5)103-85(90)71-66-61-56-51-44-40-29-26-23-20-17-14-11-8-3/h79-82,87H,6-78H2,1-5H3,(H,92,93)(H,94,95)/t80-,81-,82-/m1/s1. The molecule has 0 heterocycles. The van der Waals surface area contributed by atoms with E-state index >= 15 is 0 Å². The van der Waals surface area contributed by atoms with E-state index in [0.717, 1.165) is 95.8 Å². The molecular weight excluding hydrogens is 1370 g/mol. The average molecular weight is 1540 g/mol. The van der Waals surface area contributed by atoms with E-state index in [0.29, 0.717) is 25.7 Å². The summed E-state index contributed by atoms with van der Waals surface area (Å²) in [5.74, 6) is -1.34. The smallest absolute Gasteiger partial charge is 0.462 e. The lowest BCUT2D eigenvalue weighted by Gasteiger charge is -2.21. The van der Waals surface area contributed by atoms with E-state index in [2.05, 4.69) is 34.6 Å². The predicted octanol–water partition coefficient (Wildman–Crippen LogP) is 26.4. The summed E-state index contributed by atoms with van der Waals surface area (Å²) < 4.78 is 68.9. The van der Waals surface area contributed by atoms with E-state index in [1.54, 1.807) is 0 Å². The van der Waals surface area contributed by atoms with E-state index < -0.39 is 97.5 Å². The lowest BCUT2D eigenvalue weighted by molar-refractivity contribution is -0.161. The van der Waals surface area contributed by atoms with Crippen LogP contribution in [0.1, 0.15) is 465 Å². The minimum Gasteiger partial charge on any atom is -0.462 e. The zero-order chi connectivity index (χ0) is 76.9. The van der Waals surface area contributed by atoms with Crippen molar-refractivity contribution in [1.29, 1.82) is 0 Å². The van der Waals surface area contributed by atoms with E-state index in [4.69, 9.17) is 37.0 Å². The van der Waals surface area contributed by atoms with Gasteiger partial charge in [-0.25, -0.2) is 9.13 Å². The Hall–Kier alpha value is -1.94. The molecular formula is C86H168O17P2. The molecule has 0 aliphatic rings. The Labute approximate surface area is 645 Å². The normalized spacial score (nSPS) is 13.8. The van der Waals surface area contributed by atoms with Gasteiger partial charge in [0.05, 0.1) is 26.4 Å². The van der Waals surface area contributed by atoms with Crippen molar-refractivity contribution < 1.29 is 80.2 Å². The quantitative estimate of drug-likeness (QED) is 0.0222. The van der Waals surface area contributed by atoms with Gasteiger partial charge in [0.25, 0.3) is 0 Å². The Balaban J connectivity index is 5.25. The van der Waals surface area contributed by atoms with Gasteiger partial charge < -0.3 is 33.8 Å². The van der Waals surface area contributed by atoms with Crippen molar-refractivity contribution in [2.45, 2.75) is 483 Å². The number of esters is 4. The van der Waals surface area contributed by atoms with Gasteiger partial charge >= 0.3 is 39.5 Å². The van der Waals surface area contributed by atoms with Crippen molar-refractivity contribution in [2.75, 3.05) is 39.6 Å². The molecule has 624 valence electrons. The van der Waals surface area contributed by atoms with Gasteiger partial charge in [-0.05, 0) is 31.6 Å². The van der Waals surface area contributed by atoms with Gasteiger partial charge in [0.2, 0.25) is 0 Å². The van der Waals surface area contributed by atoms with Crippen LogP contribution >= 0.6 is 15.6 Å². The monoisotopic (exact) mass is 1540 g/mol. The van der Waals surface area contributed by atoms with Crippen LogP contribution < -0.4 is 0 Å². The Bertz CT molecular complexity index is 2000. The molecule has 5 atom stereocenters. The van der Waals surface area contributed by atoms with Gasteiger partial charge in [0.15, 0.2) is 12.2 Å². The summed E-state index contributed by atoms with van der Waals surface area (Å²) in [4.78, 5) is 73.3. The third kappa shape index (κ3) is 79.9. The summed E-state index contributed by atoms with van der Waals surface area (Å²) in [6.07, 6.45) is 72.2. The molecule has 0 radical (unpaired) electrons. The lowest BCUT2D eigenvalue weighted by atomic mass is 10.0. The van der Waals surface area contributed by atoms with Crippen LogP contribution in [0.4, 0.5) is 0 Å². The highest BCUT2D eigenvalue weighted by molar-refractivity contribution is 7.47. The zero-order valence-electron chi connectivity index (χ0n) is 68.9. The molecule has 0 amide bonds. The number of phosphoric ester groups is 2. The summed E-state index contributed by atoms with van der Waals surface area (Å²) in [5.41, 5.74) is 0. The largest absolute Gasteiger partial charge is 0.472 e. The van der Waals surface area contributed by atoms with E-state index in [1.165, 1.54) is 289 Å². The maximum absolute atomic E-state index is 13.2. The minimum atomic E-state index is -4.97. The summed E-state index contributed by atoms with van der Waals surface area (Å²) in [7, 11) is -9.93. The van der Waals surface area contributed by atoms with Gasteiger partial charge in [-0.3, -0.25) is 37.3 Å². The molecule has 0 aromatic rings. The van der Waals surface area contributed by atoms with Gasteiger partial charge in [-0.1, -0.05) is 413 Å². The highest BCUT2D eigenvalue weighted by Crippen LogP contribution is 2.45. The number of carbonyl (C=O) groups excluding carboxylic acids is 4. The summed E-state index contributed by atoms with van der Waals surface area (Å²) in [6, 6.07) is 0. The number of aliphatic hydroxyl groups excluding tert-OH is 1. The zero-order valence-corrected chi connectivity index (χ0v) is 70.7. The molecule has 0 bridgehead atoms. The number of hydrogen-bond donors (Lipinski definition) is 3.